The van der Waals surface area contributed by atoms with E-state index in [-0.39, 0.29) is 11.6 Å². The number of rotatable bonds is 6. The van der Waals surface area contributed by atoms with Gasteiger partial charge in [-0.25, -0.2) is 17.5 Å². The summed E-state index contributed by atoms with van der Waals surface area (Å²) in [5, 5.41) is 5.94. The van der Waals surface area contributed by atoms with Crippen LogP contribution in [0.3, 0.4) is 0 Å². The van der Waals surface area contributed by atoms with E-state index in [1.54, 1.807) is 6.92 Å². The molecule has 0 atom stereocenters. The summed E-state index contributed by atoms with van der Waals surface area (Å²) in [6, 6.07) is 6.58. The highest BCUT2D eigenvalue weighted by molar-refractivity contribution is 7.88. The molecule has 2 rings (SSSR count). The van der Waals surface area contributed by atoms with Crippen LogP contribution in [0.2, 0.25) is 0 Å². The molecule has 0 saturated carbocycles. The Balaban J connectivity index is 1.86. The van der Waals surface area contributed by atoms with Crippen molar-refractivity contribution in [2.45, 2.75) is 12.7 Å². The molecule has 0 spiro atoms. The second kappa shape index (κ2) is 6.67. The van der Waals surface area contributed by atoms with Crippen molar-refractivity contribution in [2.75, 3.05) is 11.9 Å². The fourth-order valence-electron chi connectivity index (χ4n) is 1.64. The minimum atomic E-state index is -3.71. The number of nitrogens with zero attached hydrogens (tertiary/aromatic N) is 1. The number of carbonyl (C=O) groups excluding carboxylic acids is 1. The van der Waals surface area contributed by atoms with Crippen molar-refractivity contribution in [2.24, 2.45) is 0 Å². The molecule has 1 aromatic carbocycles. The second-order valence-corrected chi connectivity index (χ2v) is 6.38. The van der Waals surface area contributed by atoms with E-state index >= 15 is 0 Å². The standard InChI is InChI=1S/C13H14FN3O4S/c1-9-6-12(17-21-9)16-13(18)7-15-22(19,20)8-10-2-4-11(14)5-3-10/h2-6,15H,7-8H2,1H3,(H,16,17,18). The number of nitrogens with one attached hydrogen (secondary N) is 2. The van der Waals surface area contributed by atoms with E-state index in [2.05, 4.69) is 15.2 Å². The second-order valence-electron chi connectivity index (χ2n) is 4.58. The third-order valence-corrected chi connectivity index (χ3v) is 3.92. The number of aromatic nitrogens is 1. The summed E-state index contributed by atoms with van der Waals surface area (Å²) in [5.41, 5.74) is 0.418. The van der Waals surface area contributed by atoms with E-state index in [9.17, 15) is 17.6 Å². The number of sulfonamides is 1. The van der Waals surface area contributed by atoms with Gasteiger partial charge in [-0.05, 0) is 24.6 Å². The van der Waals surface area contributed by atoms with Gasteiger partial charge in [0.1, 0.15) is 11.6 Å². The smallest absolute Gasteiger partial charge is 0.240 e. The number of benzene rings is 1. The van der Waals surface area contributed by atoms with Crippen LogP contribution in [0.1, 0.15) is 11.3 Å². The maximum atomic E-state index is 12.8. The minimum Gasteiger partial charge on any atom is -0.360 e. The topological polar surface area (TPSA) is 101 Å². The Bertz CT molecular complexity index is 756. The van der Waals surface area contributed by atoms with Gasteiger partial charge in [0.2, 0.25) is 15.9 Å². The van der Waals surface area contributed by atoms with E-state index in [1.165, 1.54) is 30.3 Å². The van der Waals surface area contributed by atoms with Gasteiger partial charge in [-0.3, -0.25) is 4.79 Å². The minimum absolute atomic E-state index is 0.209. The number of carbonyl (C=O) groups is 1. The number of amides is 1. The summed E-state index contributed by atoms with van der Waals surface area (Å²) in [6.45, 7) is 1.23. The molecule has 9 heteroatoms. The van der Waals surface area contributed by atoms with Crippen LogP contribution in [-0.4, -0.2) is 26.0 Å². The third kappa shape index (κ3) is 4.93. The summed E-state index contributed by atoms with van der Waals surface area (Å²) in [4.78, 5) is 11.6. The van der Waals surface area contributed by atoms with E-state index in [4.69, 9.17) is 4.52 Å². The molecule has 0 aliphatic carbocycles. The van der Waals surface area contributed by atoms with E-state index in [1.807, 2.05) is 0 Å². The van der Waals surface area contributed by atoms with Crippen molar-refractivity contribution in [3.8, 4) is 0 Å². The maximum Gasteiger partial charge on any atom is 0.240 e. The first-order chi connectivity index (χ1) is 10.3. The van der Waals surface area contributed by atoms with Crippen LogP contribution < -0.4 is 10.0 Å². The molecule has 7 nitrogen and oxygen atoms in total. The number of hydrogen-bond donors (Lipinski definition) is 2. The molecule has 0 fully saturated rings. The van der Waals surface area contributed by atoms with Crippen LogP contribution in [0.4, 0.5) is 10.2 Å². The Morgan fingerprint density at radius 2 is 2.00 bits per heavy atom. The van der Waals surface area contributed by atoms with Crippen LogP contribution in [0.25, 0.3) is 0 Å². The molecule has 0 radical (unpaired) electrons. The van der Waals surface area contributed by atoms with Crippen molar-refractivity contribution in [3.63, 3.8) is 0 Å². The molecule has 1 aromatic heterocycles. The predicted octanol–water partition coefficient (Wildman–Crippen LogP) is 1.18. The zero-order valence-corrected chi connectivity index (χ0v) is 12.5. The van der Waals surface area contributed by atoms with Crippen LogP contribution in [0.15, 0.2) is 34.9 Å². The van der Waals surface area contributed by atoms with Gasteiger partial charge in [0.25, 0.3) is 0 Å². The summed E-state index contributed by atoms with van der Waals surface area (Å²) < 4.78 is 43.3. The Morgan fingerprint density at radius 3 is 2.59 bits per heavy atom. The molecular weight excluding hydrogens is 313 g/mol. The van der Waals surface area contributed by atoms with Gasteiger partial charge in [0.05, 0.1) is 12.3 Å². The molecule has 0 bridgehead atoms. The fraction of sp³-hybridized carbons (Fsp3) is 0.231. The lowest BCUT2D eigenvalue weighted by Crippen LogP contribution is -2.33. The first-order valence-electron chi connectivity index (χ1n) is 6.29. The average Bonchev–Trinajstić information content (AvgIpc) is 2.84. The highest BCUT2D eigenvalue weighted by atomic mass is 32.2. The van der Waals surface area contributed by atoms with Gasteiger partial charge in [0, 0.05) is 6.07 Å². The summed E-state index contributed by atoms with van der Waals surface area (Å²) >= 11 is 0. The Kier molecular flexibility index (Phi) is 4.88. The van der Waals surface area contributed by atoms with Gasteiger partial charge in [0.15, 0.2) is 5.82 Å². The Hall–Kier alpha value is -2.26. The zero-order chi connectivity index (χ0) is 16.2. The fourth-order valence-corrected chi connectivity index (χ4v) is 2.72. The van der Waals surface area contributed by atoms with E-state index in [0.717, 1.165) is 0 Å². The lowest BCUT2D eigenvalue weighted by molar-refractivity contribution is -0.115. The van der Waals surface area contributed by atoms with Gasteiger partial charge in [-0.2, -0.15) is 0 Å². The molecule has 0 aliphatic heterocycles. The highest BCUT2D eigenvalue weighted by Crippen LogP contribution is 2.08. The van der Waals surface area contributed by atoms with Crippen molar-refractivity contribution in [3.05, 3.63) is 47.5 Å². The van der Waals surface area contributed by atoms with Gasteiger partial charge in [-0.1, -0.05) is 17.3 Å². The maximum absolute atomic E-state index is 12.8. The number of anilines is 1. The van der Waals surface area contributed by atoms with Crippen molar-refractivity contribution >= 4 is 21.7 Å². The largest absolute Gasteiger partial charge is 0.360 e. The lowest BCUT2D eigenvalue weighted by Gasteiger charge is -2.06. The van der Waals surface area contributed by atoms with Crippen molar-refractivity contribution in [1.29, 1.82) is 0 Å². The predicted molar refractivity (Wildman–Crippen MR) is 76.9 cm³/mol. The molecule has 118 valence electrons. The van der Waals surface area contributed by atoms with E-state index < -0.39 is 28.3 Å². The molecule has 2 N–H and O–H groups in total. The van der Waals surface area contributed by atoms with E-state index in [0.29, 0.717) is 11.3 Å². The Labute approximate surface area is 126 Å². The molecule has 2 aromatic rings. The SMILES string of the molecule is Cc1cc(NC(=O)CNS(=O)(=O)Cc2ccc(F)cc2)no1. The number of hydrogen-bond acceptors (Lipinski definition) is 5. The summed E-state index contributed by atoms with van der Waals surface area (Å²) in [6.07, 6.45) is 0. The molecular formula is C13H14FN3O4S. The highest BCUT2D eigenvalue weighted by Gasteiger charge is 2.14. The summed E-state index contributed by atoms with van der Waals surface area (Å²) in [7, 11) is -3.71. The third-order valence-electron chi connectivity index (χ3n) is 2.62. The van der Waals surface area contributed by atoms with Crippen molar-refractivity contribution < 1.29 is 22.1 Å². The monoisotopic (exact) mass is 327 g/mol. The van der Waals surface area contributed by atoms with Gasteiger partial charge < -0.3 is 9.84 Å². The first kappa shape index (κ1) is 16.1. The van der Waals surface area contributed by atoms with Crippen LogP contribution in [0.5, 0.6) is 0 Å². The van der Waals surface area contributed by atoms with Gasteiger partial charge in [-0.15, -0.1) is 0 Å². The van der Waals surface area contributed by atoms with Crippen LogP contribution in [-0.2, 0) is 20.6 Å². The number of halogens is 1. The average molecular weight is 327 g/mol. The molecule has 1 amide bonds. The molecule has 1 heterocycles. The van der Waals surface area contributed by atoms with Gasteiger partial charge >= 0.3 is 0 Å². The van der Waals surface area contributed by atoms with Crippen molar-refractivity contribution in [1.82, 2.24) is 9.88 Å². The zero-order valence-electron chi connectivity index (χ0n) is 11.7. The molecule has 0 saturated heterocycles. The summed E-state index contributed by atoms with van der Waals surface area (Å²) in [5.74, 6) is -0.635. The molecule has 0 aliphatic rings. The molecule has 0 unspecified atom stereocenters. The Morgan fingerprint density at radius 1 is 1.32 bits per heavy atom. The van der Waals surface area contributed by atoms with Crippen LogP contribution >= 0.6 is 0 Å². The number of aryl methyl sites for hydroxylation is 1. The van der Waals surface area contributed by atoms with Crippen LogP contribution in [0, 0.1) is 12.7 Å². The first-order valence-corrected chi connectivity index (χ1v) is 7.94. The molecule has 22 heavy (non-hydrogen) atoms. The quantitative estimate of drug-likeness (QED) is 0.829. The normalized spacial score (nSPS) is 11.4. The lowest BCUT2D eigenvalue weighted by atomic mass is 10.2.